The zero-order valence-corrected chi connectivity index (χ0v) is 52.0. The Morgan fingerprint density at radius 1 is 0.384 bits per heavy atom. The minimum absolute atomic E-state index is 0.0151. The molecule has 0 unspecified atom stereocenters. The first-order chi connectivity index (χ1) is 39.5. The van der Waals surface area contributed by atoms with Crippen molar-refractivity contribution >= 4 is 78.7 Å². The molecule has 0 amide bonds. The van der Waals surface area contributed by atoms with Gasteiger partial charge in [0.05, 0.1) is 24.3 Å². The van der Waals surface area contributed by atoms with Crippen LogP contribution in [0.25, 0.3) is 55.5 Å². The van der Waals surface area contributed by atoms with E-state index in [-0.39, 0.29) is 49.1 Å². The van der Waals surface area contributed by atoms with E-state index in [0.29, 0.717) is 56.5 Å². The molecule has 0 saturated heterocycles. The Labute approximate surface area is 500 Å². The van der Waals surface area contributed by atoms with E-state index in [1.165, 1.54) is 37.6 Å². The van der Waals surface area contributed by atoms with Crippen molar-refractivity contribution in [1.29, 1.82) is 0 Å². The number of alkyl halides is 6. The van der Waals surface area contributed by atoms with Crippen molar-refractivity contribution in [2.45, 2.75) is 162 Å². The lowest BCUT2D eigenvalue weighted by Gasteiger charge is -2.11. The second-order valence-corrected chi connectivity index (χ2v) is 26.2. The van der Waals surface area contributed by atoms with Crippen LogP contribution >= 0.6 is 23.2 Å². The number of methoxy groups -OCH3 is 2. The third kappa shape index (κ3) is 17.0. The summed E-state index contributed by atoms with van der Waals surface area (Å²) >= 11 is 11.7. The fourth-order valence-electron chi connectivity index (χ4n) is 7.65. The fourth-order valence-corrected chi connectivity index (χ4v) is 8.08. The molecule has 1 aliphatic rings. The Morgan fingerprint density at radius 3 is 1.12 bits per heavy atom. The van der Waals surface area contributed by atoms with Gasteiger partial charge in [-0.05, 0) is 42.5 Å². The maximum absolute atomic E-state index is 13.4. The molecule has 86 heavy (non-hydrogen) atoms. The van der Waals surface area contributed by atoms with Gasteiger partial charge in [-0.2, -0.15) is 0 Å². The molecule has 0 aliphatic heterocycles. The predicted molar refractivity (Wildman–Crippen MR) is 312 cm³/mol. The largest absolute Gasteiger partial charge is 0.573 e. The second kappa shape index (κ2) is 24.4. The molecular weight excluding hydrogens is 1180 g/mol. The minimum Gasteiger partial charge on any atom is -0.495 e. The van der Waals surface area contributed by atoms with Crippen molar-refractivity contribution in [2.24, 2.45) is 0 Å². The predicted octanol–water partition coefficient (Wildman–Crippen LogP) is 19.9. The normalized spacial score (nSPS) is 13.4. The zero-order valence-electron chi connectivity index (χ0n) is 50.5. The first-order valence-electron chi connectivity index (χ1n) is 26.9. The van der Waals surface area contributed by atoms with Crippen LogP contribution in [0.3, 0.4) is 0 Å². The average molecular weight is 1250 g/mol. The van der Waals surface area contributed by atoms with Crippen LogP contribution in [0.5, 0.6) is 23.0 Å². The van der Waals surface area contributed by atoms with Crippen LogP contribution in [0, 0.1) is 11.6 Å². The number of halogens is 10. The van der Waals surface area contributed by atoms with Crippen LogP contribution in [0.1, 0.15) is 158 Å². The molecule has 1 aliphatic carbocycles. The SMILES string of the molecule is CC(C)(C)c1nc2cc(Cl)c(OC(F)(F)F)cc2o1.CC(C)(C)c1nc2cc(F)c(OC(F)(F)F)cc2o1.CC(C)(C)c1nc2ccc(C3CC3)cc2o1.COc1cc2nc(C(C)(C)C)oc2cc1Cl.COc1cc2nc(C(C)(C)C)oc2cc1F. The minimum atomic E-state index is -4.96. The number of aromatic nitrogens is 5. The van der Waals surface area contributed by atoms with Crippen molar-refractivity contribution in [1.82, 2.24) is 24.9 Å². The van der Waals surface area contributed by atoms with Crippen LogP contribution < -0.4 is 18.9 Å². The molecule has 5 aromatic carbocycles. The lowest BCUT2D eigenvalue weighted by atomic mass is 9.97. The molecule has 0 spiro atoms. The van der Waals surface area contributed by atoms with Gasteiger partial charge < -0.3 is 41.0 Å². The van der Waals surface area contributed by atoms with Crippen LogP contribution in [0.2, 0.25) is 10.0 Å². The third-order valence-electron chi connectivity index (χ3n) is 12.3. The molecule has 1 saturated carbocycles. The molecule has 5 aromatic heterocycles. The average Bonchev–Trinajstić information content (AvgIpc) is 2.11. The van der Waals surface area contributed by atoms with Crippen molar-refractivity contribution in [2.75, 3.05) is 14.2 Å². The Balaban J connectivity index is 0.000000154. The number of nitrogens with zero attached hydrogens (tertiary/aromatic N) is 5. The van der Waals surface area contributed by atoms with Crippen molar-refractivity contribution in [3.05, 3.63) is 123 Å². The van der Waals surface area contributed by atoms with E-state index in [2.05, 4.69) is 94.1 Å². The van der Waals surface area contributed by atoms with Crippen molar-refractivity contribution < 1.29 is 76.2 Å². The number of hydrogen-bond acceptors (Lipinski definition) is 14. The van der Waals surface area contributed by atoms with Crippen LogP contribution in [0.15, 0.2) is 88.8 Å². The summed E-state index contributed by atoms with van der Waals surface area (Å²) in [6.07, 6.45) is -7.11. The van der Waals surface area contributed by atoms with Gasteiger partial charge in [0.2, 0.25) is 29.5 Å². The third-order valence-corrected chi connectivity index (χ3v) is 12.9. The summed E-state index contributed by atoms with van der Waals surface area (Å²) in [6.45, 7) is 29.6. The highest BCUT2D eigenvalue weighted by Crippen LogP contribution is 2.42. The summed E-state index contributed by atoms with van der Waals surface area (Å²) in [5, 5.41) is 0.366. The van der Waals surface area contributed by atoms with Gasteiger partial charge in [0.25, 0.3) is 0 Å². The van der Waals surface area contributed by atoms with Crippen LogP contribution in [-0.4, -0.2) is 51.9 Å². The highest BCUT2D eigenvalue weighted by atomic mass is 35.5. The molecule has 1 fully saturated rings. The van der Waals surface area contributed by atoms with Gasteiger partial charge in [-0.25, -0.2) is 33.7 Å². The summed E-state index contributed by atoms with van der Waals surface area (Å²) in [7, 11) is 3.01. The molecule has 0 N–H and O–H groups in total. The van der Waals surface area contributed by atoms with E-state index >= 15 is 0 Å². The van der Waals surface area contributed by atoms with Gasteiger partial charge in [-0.3, -0.25) is 0 Å². The van der Waals surface area contributed by atoms with Crippen molar-refractivity contribution in [3.8, 4) is 23.0 Å². The van der Waals surface area contributed by atoms with E-state index in [0.717, 1.165) is 46.6 Å². The molecular formula is C62H67Cl2F8N5O9. The van der Waals surface area contributed by atoms with Gasteiger partial charge in [0, 0.05) is 69.5 Å². The number of fused-ring (bicyclic) bond motifs is 5. The monoisotopic (exact) mass is 1250 g/mol. The van der Waals surface area contributed by atoms with Crippen LogP contribution in [-0.2, 0) is 27.1 Å². The quantitative estimate of drug-likeness (QED) is 0.149. The van der Waals surface area contributed by atoms with E-state index in [1.807, 2.05) is 62.3 Å². The molecule has 10 aromatic rings. The van der Waals surface area contributed by atoms with Gasteiger partial charge in [-0.1, -0.05) is 133 Å². The van der Waals surface area contributed by atoms with E-state index < -0.39 is 41.3 Å². The van der Waals surface area contributed by atoms with Gasteiger partial charge in [0.15, 0.2) is 56.8 Å². The summed E-state index contributed by atoms with van der Waals surface area (Å²) in [5.74, 6) is 1.41. The first kappa shape index (κ1) is 66.2. The Hall–Kier alpha value is -7.33. The maximum atomic E-state index is 13.4. The van der Waals surface area contributed by atoms with E-state index in [9.17, 15) is 35.1 Å². The number of ether oxygens (including phenoxy) is 4. The molecule has 464 valence electrons. The lowest BCUT2D eigenvalue weighted by Crippen LogP contribution is -2.17. The second-order valence-electron chi connectivity index (χ2n) is 25.4. The van der Waals surface area contributed by atoms with Gasteiger partial charge in [-0.15, -0.1) is 26.3 Å². The molecule has 0 bridgehead atoms. The summed E-state index contributed by atoms with van der Waals surface area (Å²) < 4.78 is 145. The number of oxazole rings is 5. The summed E-state index contributed by atoms with van der Waals surface area (Å²) in [6, 6.07) is 16.9. The fraction of sp³-hybridized carbons (Fsp3) is 0.435. The Kier molecular flexibility index (Phi) is 18.8. The molecule has 14 nitrogen and oxygen atoms in total. The zero-order chi connectivity index (χ0) is 64.0. The maximum Gasteiger partial charge on any atom is 0.573 e. The number of rotatable bonds is 5. The first-order valence-corrected chi connectivity index (χ1v) is 27.7. The molecule has 24 heteroatoms. The smallest absolute Gasteiger partial charge is 0.495 e. The Morgan fingerprint density at radius 2 is 0.709 bits per heavy atom. The standard InChI is InChI=1S/C14H17NO.C12H11ClF3NO2.C12H14ClNO2.C12H11F4NO2.C12H14FNO2/c1-14(2,3)13-15-11-7-6-10(9-4-5-9)8-12(11)16-13;1-11(2,3)10-17-7-4-6(13)8(5-9(7)18-10)19-12(14,15)16;1-12(2,3)11-14-8-6-9(15-4)7(13)5-10(8)16-11;1-11(2,3)10-17-7-4-6(13)8(5-9(7)18-10)19-12(14,15)16;1-12(2,3)11-14-8-6-9(15-4)7(13)5-10(8)16-11/h6-9H,4-5H2,1-3H3;4-5H,1-3H3;5-6H,1-4H3;4-5H,1-3H3;5-6H,1-4H3. The van der Waals surface area contributed by atoms with Gasteiger partial charge in [0.1, 0.15) is 33.3 Å². The van der Waals surface area contributed by atoms with E-state index in [1.54, 1.807) is 25.3 Å². The number of benzene rings is 5. The molecule has 5 heterocycles. The van der Waals surface area contributed by atoms with E-state index in [4.69, 9.17) is 54.8 Å². The summed E-state index contributed by atoms with van der Waals surface area (Å²) in [5.41, 5.74) is 5.54. The number of hydrogen-bond donors (Lipinski definition) is 0. The molecule has 0 radical (unpaired) electrons. The molecule has 0 atom stereocenters. The topological polar surface area (TPSA) is 167 Å². The van der Waals surface area contributed by atoms with Crippen molar-refractivity contribution in [3.63, 3.8) is 0 Å². The van der Waals surface area contributed by atoms with Crippen LogP contribution in [0.4, 0.5) is 35.1 Å². The Bertz CT molecular complexity index is 3800. The van der Waals surface area contributed by atoms with Gasteiger partial charge >= 0.3 is 12.7 Å². The molecule has 11 rings (SSSR count). The highest BCUT2D eigenvalue weighted by Gasteiger charge is 2.35. The lowest BCUT2D eigenvalue weighted by molar-refractivity contribution is -0.276. The summed E-state index contributed by atoms with van der Waals surface area (Å²) in [4.78, 5) is 21.5. The highest BCUT2D eigenvalue weighted by molar-refractivity contribution is 6.33.